The first kappa shape index (κ1) is 26.3. The zero-order chi connectivity index (χ0) is 26.4. The van der Waals surface area contributed by atoms with Crippen molar-refractivity contribution in [3.05, 3.63) is 83.1 Å². The Kier molecular flexibility index (Phi) is 8.50. The first-order valence-electron chi connectivity index (χ1n) is 12.4. The average Bonchev–Trinajstić information content (AvgIpc) is 2.88. The Bertz CT molecular complexity index is 1170. The van der Waals surface area contributed by atoms with Gasteiger partial charge in [-0.2, -0.15) is 0 Å². The van der Waals surface area contributed by atoms with Gasteiger partial charge in [0.25, 0.3) is 5.91 Å². The highest BCUT2D eigenvalue weighted by atomic mass is 19.2. The number of allylic oxidation sites excluding steroid dienone is 1. The Morgan fingerprint density at radius 1 is 1.05 bits per heavy atom. The van der Waals surface area contributed by atoms with E-state index in [1.165, 1.54) is 6.07 Å². The number of urea groups is 1. The van der Waals surface area contributed by atoms with Gasteiger partial charge in [-0.05, 0) is 68.6 Å². The minimum absolute atomic E-state index is 0.0656. The molecule has 37 heavy (non-hydrogen) atoms. The van der Waals surface area contributed by atoms with Gasteiger partial charge in [-0.3, -0.25) is 15.0 Å². The van der Waals surface area contributed by atoms with Crippen molar-refractivity contribution in [2.24, 2.45) is 0 Å². The molecule has 1 unspecified atom stereocenters. The number of hydrogen-bond donors (Lipinski definition) is 3. The molecule has 1 atom stereocenters. The first-order chi connectivity index (χ1) is 17.8. The predicted octanol–water partition coefficient (Wildman–Crippen LogP) is 3.64. The van der Waals surface area contributed by atoms with Crippen molar-refractivity contribution >= 4 is 17.8 Å². The van der Waals surface area contributed by atoms with E-state index < -0.39 is 23.7 Å². The van der Waals surface area contributed by atoms with Crippen LogP contribution in [-0.4, -0.2) is 53.4 Å². The summed E-state index contributed by atoms with van der Waals surface area (Å²) in [6.07, 6.45) is 4.12. The van der Waals surface area contributed by atoms with Crippen LogP contribution in [-0.2, 0) is 4.79 Å². The summed E-state index contributed by atoms with van der Waals surface area (Å²) in [5.74, 6) is -2.42. The molecule has 10 heteroatoms. The lowest BCUT2D eigenvalue weighted by atomic mass is 10.0. The summed E-state index contributed by atoms with van der Waals surface area (Å²) in [6, 6.07) is 11.3. The van der Waals surface area contributed by atoms with Gasteiger partial charge < -0.3 is 15.5 Å². The van der Waals surface area contributed by atoms with E-state index >= 15 is 0 Å². The van der Waals surface area contributed by atoms with Gasteiger partial charge in [0.15, 0.2) is 11.6 Å². The number of carbonyl (C=O) groups is 3. The number of hydrazine groups is 1. The van der Waals surface area contributed by atoms with Gasteiger partial charge in [-0.1, -0.05) is 24.3 Å². The van der Waals surface area contributed by atoms with Gasteiger partial charge in [-0.25, -0.2) is 18.6 Å². The van der Waals surface area contributed by atoms with Crippen molar-refractivity contribution in [2.75, 3.05) is 19.6 Å². The van der Waals surface area contributed by atoms with Crippen LogP contribution in [0, 0.1) is 11.6 Å². The maximum absolute atomic E-state index is 13.8. The van der Waals surface area contributed by atoms with Crippen LogP contribution in [0.15, 0.2) is 60.3 Å². The molecule has 1 fully saturated rings. The molecule has 0 radical (unpaired) electrons. The van der Waals surface area contributed by atoms with E-state index in [0.29, 0.717) is 29.8 Å². The van der Waals surface area contributed by atoms with Crippen LogP contribution in [0.25, 0.3) is 0 Å². The van der Waals surface area contributed by atoms with E-state index in [1.807, 2.05) is 18.2 Å². The standard InChI is InChI=1S/C27H31F2N5O3/c1-18-16-24(20-9-10-22(28)23(29)17-20)34(27(37)30-18)32-25(35)8-5-13-33-14-11-21(12-15-33)31-26(36)19-6-3-2-4-7-19/h2-4,6-7,9-10,16-17,21,24H,5,8,11-15H2,1H3,(H,30,37)(H,31,36)(H,32,35). The van der Waals surface area contributed by atoms with E-state index in [0.717, 1.165) is 43.1 Å². The summed E-state index contributed by atoms with van der Waals surface area (Å²) in [5.41, 5.74) is 4.15. The lowest BCUT2D eigenvalue weighted by Gasteiger charge is -2.34. The molecule has 4 rings (SSSR count). The van der Waals surface area contributed by atoms with E-state index in [9.17, 15) is 23.2 Å². The summed E-state index contributed by atoms with van der Waals surface area (Å²) in [6.45, 7) is 4.03. The number of piperidine rings is 1. The van der Waals surface area contributed by atoms with Crippen LogP contribution in [0.1, 0.15) is 54.6 Å². The molecule has 2 aliphatic rings. The second-order valence-electron chi connectivity index (χ2n) is 9.36. The van der Waals surface area contributed by atoms with Crippen molar-refractivity contribution in [2.45, 2.75) is 44.7 Å². The molecule has 196 valence electrons. The number of nitrogens with zero attached hydrogens (tertiary/aromatic N) is 2. The molecule has 8 nitrogen and oxygen atoms in total. The highest BCUT2D eigenvalue weighted by Gasteiger charge is 2.30. The molecule has 2 heterocycles. The van der Waals surface area contributed by atoms with Gasteiger partial charge in [0.1, 0.15) is 6.04 Å². The lowest BCUT2D eigenvalue weighted by Crippen LogP contribution is -2.54. The van der Waals surface area contributed by atoms with E-state index in [1.54, 1.807) is 25.1 Å². The Hall–Kier alpha value is -3.79. The SMILES string of the molecule is CC1=CC(c2ccc(F)c(F)c2)N(NC(=O)CCCN2CCC(NC(=O)c3ccccc3)CC2)C(=O)N1. The van der Waals surface area contributed by atoms with Gasteiger partial charge in [-0.15, -0.1) is 0 Å². The number of rotatable bonds is 8. The number of hydrogen-bond acceptors (Lipinski definition) is 4. The molecule has 0 aliphatic carbocycles. The predicted molar refractivity (Wildman–Crippen MR) is 134 cm³/mol. The Balaban J connectivity index is 1.23. The van der Waals surface area contributed by atoms with Crippen LogP contribution in [0.5, 0.6) is 0 Å². The number of likely N-dealkylation sites (tertiary alicyclic amines) is 1. The fraction of sp³-hybridized carbons (Fsp3) is 0.370. The van der Waals surface area contributed by atoms with Gasteiger partial charge in [0.2, 0.25) is 5.91 Å². The largest absolute Gasteiger partial charge is 0.349 e. The van der Waals surface area contributed by atoms with Gasteiger partial charge in [0.05, 0.1) is 0 Å². The molecule has 0 aromatic heterocycles. The van der Waals surface area contributed by atoms with Crippen molar-refractivity contribution in [3.63, 3.8) is 0 Å². The fourth-order valence-electron chi connectivity index (χ4n) is 4.58. The Labute approximate surface area is 214 Å². The molecule has 2 aromatic rings. The monoisotopic (exact) mass is 511 g/mol. The van der Waals surface area contributed by atoms with Crippen LogP contribution in [0.3, 0.4) is 0 Å². The summed E-state index contributed by atoms with van der Waals surface area (Å²) in [7, 11) is 0. The van der Waals surface area contributed by atoms with Gasteiger partial charge >= 0.3 is 6.03 Å². The minimum atomic E-state index is -1.02. The second kappa shape index (κ2) is 12.0. The zero-order valence-corrected chi connectivity index (χ0v) is 20.7. The summed E-state index contributed by atoms with van der Waals surface area (Å²) >= 11 is 0. The van der Waals surface area contributed by atoms with Gasteiger partial charge in [0, 0.05) is 36.8 Å². The highest BCUT2D eigenvalue weighted by molar-refractivity contribution is 5.94. The first-order valence-corrected chi connectivity index (χ1v) is 12.4. The molecular weight excluding hydrogens is 480 g/mol. The quantitative estimate of drug-likeness (QED) is 0.505. The summed E-state index contributed by atoms with van der Waals surface area (Å²) < 4.78 is 27.2. The van der Waals surface area contributed by atoms with Crippen LogP contribution < -0.4 is 16.1 Å². The fourth-order valence-corrected chi connectivity index (χ4v) is 4.58. The van der Waals surface area contributed by atoms with Crippen molar-refractivity contribution in [1.82, 2.24) is 26.0 Å². The molecule has 0 bridgehead atoms. The molecule has 1 saturated heterocycles. The van der Waals surface area contributed by atoms with E-state index in [4.69, 9.17) is 0 Å². The van der Waals surface area contributed by atoms with Crippen LogP contribution >= 0.6 is 0 Å². The third-order valence-corrected chi connectivity index (χ3v) is 6.58. The second-order valence-corrected chi connectivity index (χ2v) is 9.36. The third kappa shape index (κ3) is 6.91. The van der Waals surface area contributed by atoms with E-state index in [-0.39, 0.29) is 24.3 Å². The third-order valence-electron chi connectivity index (χ3n) is 6.58. The number of halogens is 2. The minimum Gasteiger partial charge on any atom is -0.349 e. The lowest BCUT2D eigenvalue weighted by molar-refractivity contribution is -0.125. The normalized spacial score (nSPS) is 18.7. The zero-order valence-electron chi connectivity index (χ0n) is 20.7. The molecule has 3 N–H and O–H groups in total. The summed E-state index contributed by atoms with van der Waals surface area (Å²) in [4.78, 5) is 39.8. The van der Waals surface area contributed by atoms with Crippen LogP contribution in [0.4, 0.5) is 13.6 Å². The molecule has 0 saturated carbocycles. The maximum Gasteiger partial charge on any atom is 0.341 e. The van der Waals surface area contributed by atoms with E-state index in [2.05, 4.69) is 21.0 Å². The molecule has 4 amide bonds. The van der Waals surface area contributed by atoms with Crippen molar-refractivity contribution < 1.29 is 23.2 Å². The van der Waals surface area contributed by atoms with Crippen molar-refractivity contribution in [1.29, 1.82) is 0 Å². The van der Waals surface area contributed by atoms with Crippen molar-refractivity contribution in [3.8, 4) is 0 Å². The summed E-state index contributed by atoms with van der Waals surface area (Å²) in [5, 5.41) is 6.81. The smallest absolute Gasteiger partial charge is 0.341 e. The number of nitrogens with one attached hydrogen (secondary N) is 3. The number of carbonyl (C=O) groups excluding carboxylic acids is 3. The topological polar surface area (TPSA) is 93.8 Å². The molecule has 0 spiro atoms. The maximum atomic E-state index is 13.8. The molecule has 2 aliphatic heterocycles. The molecular formula is C27H31F2N5O3. The van der Waals surface area contributed by atoms with Crippen LogP contribution in [0.2, 0.25) is 0 Å². The highest BCUT2D eigenvalue weighted by Crippen LogP contribution is 2.26. The Morgan fingerprint density at radius 2 is 1.78 bits per heavy atom. The Morgan fingerprint density at radius 3 is 2.49 bits per heavy atom. The number of amides is 4. The average molecular weight is 512 g/mol. The number of benzene rings is 2. The molecule has 2 aromatic carbocycles.